The molecule has 0 saturated carbocycles. The van der Waals surface area contributed by atoms with E-state index in [1.165, 1.54) is 0 Å². The van der Waals surface area contributed by atoms with Crippen LogP contribution in [0, 0.1) is 0 Å². The lowest BCUT2D eigenvalue weighted by Gasteiger charge is -2.33. The molecule has 0 spiro atoms. The van der Waals surface area contributed by atoms with Crippen LogP contribution in [0.2, 0.25) is 0 Å². The number of nitrogens with zero attached hydrogens (tertiary/aromatic N) is 5. The molecule has 9 nitrogen and oxygen atoms in total. The Morgan fingerprint density at radius 2 is 2.15 bits per heavy atom. The molecule has 1 fully saturated rings. The van der Waals surface area contributed by atoms with E-state index >= 15 is 0 Å². The summed E-state index contributed by atoms with van der Waals surface area (Å²) in [7, 11) is 0. The van der Waals surface area contributed by atoms with Crippen molar-refractivity contribution < 1.29 is 14.7 Å². The van der Waals surface area contributed by atoms with E-state index in [1.807, 2.05) is 0 Å². The van der Waals surface area contributed by atoms with Crippen molar-refractivity contribution in [2.24, 2.45) is 0 Å². The van der Waals surface area contributed by atoms with Crippen LogP contribution in [0.4, 0.5) is 0 Å². The molecule has 1 saturated heterocycles. The van der Waals surface area contributed by atoms with Gasteiger partial charge in [-0.05, 0) is 31.0 Å². The number of carbonyl (C=O) groups is 2. The first kappa shape index (κ1) is 17.0. The molecule has 1 amide bonds. The second-order valence-electron chi connectivity index (χ2n) is 6.42. The predicted octanol–water partition coefficient (Wildman–Crippen LogP) is 1.71. The molecule has 0 bridgehead atoms. The maximum absolute atomic E-state index is 13.2. The Hall–Kier alpha value is -3.49. The number of carboxylic acid groups (broad SMARTS) is 1. The normalized spacial score (nSPS) is 17.0. The highest BCUT2D eigenvalue weighted by atomic mass is 16.4. The monoisotopic (exact) mass is 366 g/mol. The molecule has 1 atom stereocenters. The minimum Gasteiger partial charge on any atom is -0.477 e. The van der Waals surface area contributed by atoms with Gasteiger partial charge in [-0.15, -0.1) is 0 Å². The Bertz CT molecular complexity index is 965. The van der Waals surface area contributed by atoms with Gasteiger partial charge in [0.1, 0.15) is 5.69 Å². The quantitative estimate of drug-likeness (QED) is 0.726. The van der Waals surface area contributed by atoms with Gasteiger partial charge in [0.05, 0.1) is 11.8 Å². The maximum Gasteiger partial charge on any atom is 0.354 e. The second kappa shape index (κ2) is 7.02. The van der Waals surface area contributed by atoms with Crippen molar-refractivity contribution in [1.29, 1.82) is 0 Å². The summed E-state index contributed by atoms with van der Waals surface area (Å²) in [5, 5.41) is 19.9. The van der Waals surface area contributed by atoms with Gasteiger partial charge in [0.15, 0.2) is 5.82 Å². The minimum absolute atomic E-state index is 0.0719. The maximum atomic E-state index is 13.2. The SMILES string of the molecule is O=C(O)c1[nH]ncc1C1CCCN(C(=O)c2cccnc2-n2cccn2)C1. The lowest BCUT2D eigenvalue weighted by atomic mass is 9.90. The highest BCUT2D eigenvalue weighted by Crippen LogP contribution is 2.29. The Morgan fingerprint density at radius 3 is 2.93 bits per heavy atom. The van der Waals surface area contributed by atoms with Gasteiger partial charge in [0, 0.05) is 43.2 Å². The molecular weight excluding hydrogens is 348 g/mol. The Morgan fingerprint density at radius 1 is 1.26 bits per heavy atom. The number of aromatic carboxylic acids is 1. The van der Waals surface area contributed by atoms with E-state index in [0.717, 1.165) is 12.8 Å². The van der Waals surface area contributed by atoms with E-state index < -0.39 is 5.97 Å². The number of hydrogen-bond donors (Lipinski definition) is 2. The Balaban J connectivity index is 1.60. The van der Waals surface area contributed by atoms with Crippen molar-refractivity contribution in [3.63, 3.8) is 0 Å². The lowest BCUT2D eigenvalue weighted by molar-refractivity contribution is 0.0686. The number of pyridine rings is 1. The minimum atomic E-state index is -1.04. The van der Waals surface area contributed by atoms with Crippen LogP contribution in [0.1, 0.15) is 45.2 Å². The van der Waals surface area contributed by atoms with E-state index in [4.69, 9.17) is 0 Å². The molecule has 27 heavy (non-hydrogen) atoms. The molecule has 3 aromatic heterocycles. The number of amides is 1. The highest BCUT2D eigenvalue weighted by Gasteiger charge is 2.30. The summed E-state index contributed by atoms with van der Waals surface area (Å²) in [6, 6.07) is 5.23. The Labute approximate surface area is 154 Å². The first-order chi connectivity index (χ1) is 13.1. The van der Waals surface area contributed by atoms with Gasteiger partial charge < -0.3 is 10.0 Å². The van der Waals surface area contributed by atoms with Gasteiger partial charge in [0.2, 0.25) is 0 Å². The fraction of sp³-hybridized carbons (Fsp3) is 0.278. The third-order valence-corrected chi connectivity index (χ3v) is 4.77. The summed E-state index contributed by atoms with van der Waals surface area (Å²) < 4.78 is 1.56. The molecule has 3 aromatic rings. The van der Waals surface area contributed by atoms with Crippen molar-refractivity contribution in [3.05, 3.63) is 59.8 Å². The van der Waals surface area contributed by atoms with Crippen LogP contribution in [0.3, 0.4) is 0 Å². The molecule has 0 aromatic carbocycles. The van der Waals surface area contributed by atoms with Crippen LogP contribution >= 0.6 is 0 Å². The number of aromatic amines is 1. The number of nitrogens with one attached hydrogen (secondary N) is 1. The number of rotatable bonds is 4. The number of piperidine rings is 1. The van der Waals surface area contributed by atoms with Crippen molar-refractivity contribution >= 4 is 11.9 Å². The summed E-state index contributed by atoms with van der Waals surface area (Å²) >= 11 is 0. The van der Waals surface area contributed by atoms with Crippen LogP contribution in [0.25, 0.3) is 5.82 Å². The lowest BCUT2D eigenvalue weighted by Crippen LogP contribution is -2.39. The molecule has 4 rings (SSSR count). The molecule has 138 valence electrons. The number of hydrogen-bond acceptors (Lipinski definition) is 5. The molecule has 1 aliphatic rings. The highest BCUT2D eigenvalue weighted by molar-refractivity contribution is 5.97. The average molecular weight is 366 g/mol. The summed E-state index contributed by atoms with van der Waals surface area (Å²) in [5.74, 6) is -0.778. The predicted molar refractivity (Wildman–Crippen MR) is 94.8 cm³/mol. The number of aromatic nitrogens is 5. The molecule has 1 unspecified atom stereocenters. The topological polar surface area (TPSA) is 117 Å². The smallest absolute Gasteiger partial charge is 0.354 e. The molecule has 1 aliphatic heterocycles. The zero-order valence-electron chi connectivity index (χ0n) is 14.4. The Kier molecular flexibility index (Phi) is 4.41. The van der Waals surface area contributed by atoms with Crippen LogP contribution in [-0.2, 0) is 0 Å². The van der Waals surface area contributed by atoms with Gasteiger partial charge in [-0.25, -0.2) is 14.5 Å². The standard InChI is InChI=1S/C18H18N6O3/c25-17(13-5-1-6-19-16(13)24-9-3-7-21-24)23-8-2-4-12(11-23)14-10-20-22-15(14)18(26)27/h1,3,5-7,9-10,12H,2,4,8,11H2,(H,20,22)(H,26,27). The fourth-order valence-electron chi connectivity index (χ4n) is 3.50. The largest absolute Gasteiger partial charge is 0.477 e. The zero-order valence-corrected chi connectivity index (χ0v) is 14.4. The summed E-state index contributed by atoms with van der Waals surface area (Å²) in [4.78, 5) is 30.6. The number of likely N-dealkylation sites (tertiary alicyclic amines) is 1. The van der Waals surface area contributed by atoms with Crippen LogP contribution in [-0.4, -0.2) is 59.9 Å². The van der Waals surface area contributed by atoms with E-state index in [1.54, 1.807) is 52.6 Å². The summed E-state index contributed by atoms with van der Waals surface area (Å²) in [6.07, 6.45) is 8.13. The van der Waals surface area contributed by atoms with Crippen molar-refractivity contribution in [2.75, 3.05) is 13.1 Å². The van der Waals surface area contributed by atoms with Gasteiger partial charge in [-0.3, -0.25) is 9.89 Å². The third kappa shape index (κ3) is 3.19. The van der Waals surface area contributed by atoms with Crippen LogP contribution < -0.4 is 0 Å². The molecule has 2 N–H and O–H groups in total. The van der Waals surface area contributed by atoms with Crippen molar-refractivity contribution in [3.8, 4) is 5.82 Å². The van der Waals surface area contributed by atoms with Crippen LogP contribution in [0.15, 0.2) is 43.0 Å². The summed E-state index contributed by atoms with van der Waals surface area (Å²) in [6.45, 7) is 1.05. The number of H-pyrrole nitrogens is 1. The number of carbonyl (C=O) groups excluding carboxylic acids is 1. The van der Waals surface area contributed by atoms with Gasteiger partial charge in [-0.1, -0.05) is 0 Å². The average Bonchev–Trinajstić information content (AvgIpc) is 3.39. The molecule has 0 radical (unpaired) electrons. The summed E-state index contributed by atoms with van der Waals surface area (Å²) in [5.41, 5.74) is 1.19. The first-order valence-electron chi connectivity index (χ1n) is 8.66. The van der Waals surface area contributed by atoms with E-state index in [9.17, 15) is 14.7 Å². The molecule has 4 heterocycles. The van der Waals surface area contributed by atoms with E-state index in [0.29, 0.717) is 30.0 Å². The first-order valence-corrected chi connectivity index (χ1v) is 8.66. The van der Waals surface area contributed by atoms with Gasteiger partial charge in [0.25, 0.3) is 5.91 Å². The van der Waals surface area contributed by atoms with Crippen LogP contribution in [0.5, 0.6) is 0 Å². The second-order valence-corrected chi connectivity index (χ2v) is 6.42. The molecule has 9 heteroatoms. The zero-order chi connectivity index (χ0) is 18.8. The van der Waals surface area contributed by atoms with Crippen molar-refractivity contribution in [2.45, 2.75) is 18.8 Å². The van der Waals surface area contributed by atoms with E-state index in [-0.39, 0.29) is 17.5 Å². The van der Waals surface area contributed by atoms with Gasteiger partial charge >= 0.3 is 5.97 Å². The van der Waals surface area contributed by atoms with Crippen molar-refractivity contribution in [1.82, 2.24) is 29.9 Å². The third-order valence-electron chi connectivity index (χ3n) is 4.77. The van der Waals surface area contributed by atoms with E-state index in [2.05, 4.69) is 20.3 Å². The molecular formula is C18H18N6O3. The number of carboxylic acids is 1. The molecule has 0 aliphatic carbocycles. The van der Waals surface area contributed by atoms with Gasteiger partial charge in [-0.2, -0.15) is 10.2 Å². The fourth-order valence-corrected chi connectivity index (χ4v) is 3.50.